The smallest absolute Gasteiger partial charge is 0.187 e. The minimum Gasteiger partial charge on any atom is -0.497 e. The lowest BCUT2D eigenvalue weighted by atomic mass is 10.0. The highest BCUT2D eigenvalue weighted by atomic mass is 16.7. The summed E-state index contributed by atoms with van der Waals surface area (Å²) in [5, 5.41) is 0. The lowest BCUT2D eigenvalue weighted by Crippen LogP contribution is -2.37. The number of nitrogens with zero attached hydrogens (tertiary/aromatic N) is 2. The Balaban J connectivity index is 1.70. The van der Waals surface area contributed by atoms with Crippen molar-refractivity contribution in [3.8, 4) is 5.75 Å². The number of methoxy groups -OCH3 is 1. The Bertz CT molecular complexity index is 625. The first-order valence-electron chi connectivity index (χ1n) is 8.51. The van der Waals surface area contributed by atoms with Crippen molar-refractivity contribution >= 4 is 0 Å². The van der Waals surface area contributed by atoms with Gasteiger partial charge in [0.05, 0.1) is 32.7 Å². The summed E-state index contributed by atoms with van der Waals surface area (Å²) in [6.07, 6.45) is 7.38. The molecule has 0 aliphatic carbocycles. The van der Waals surface area contributed by atoms with Gasteiger partial charge in [-0.3, -0.25) is 0 Å². The lowest BCUT2D eigenvalue weighted by Gasteiger charge is -2.29. The van der Waals surface area contributed by atoms with Crippen LogP contribution in [-0.4, -0.2) is 35.2 Å². The third kappa shape index (κ3) is 3.97. The summed E-state index contributed by atoms with van der Waals surface area (Å²) in [5.74, 6) is 0.728. The molecule has 2 aromatic rings. The van der Waals surface area contributed by atoms with E-state index >= 15 is 0 Å². The van der Waals surface area contributed by atoms with E-state index in [-0.39, 0.29) is 6.10 Å². The largest absolute Gasteiger partial charge is 0.497 e. The maximum Gasteiger partial charge on any atom is 0.187 e. The third-order valence-corrected chi connectivity index (χ3v) is 4.56. The van der Waals surface area contributed by atoms with Crippen LogP contribution in [0.25, 0.3) is 0 Å². The van der Waals surface area contributed by atoms with E-state index in [9.17, 15) is 0 Å². The lowest BCUT2D eigenvalue weighted by molar-refractivity contribution is -0.185. The molecule has 0 bridgehead atoms. The first kappa shape index (κ1) is 17.0. The molecule has 0 spiro atoms. The molecule has 5 nitrogen and oxygen atoms in total. The second-order valence-electron chi connectivity index (χ2n) is 6.71. The van der Waals surface area contributed by atoms with E-state index < -0.39 is 5.79 Å². The molecule has 1 fully saturated rings. The molecular formula is C19H26N2O3. The number of ether oxygens (including phenoxy) is 3. The maximum atomic E-state index is 6.35. The zero-order valence-electron chi connectivity index (χ0n) is 14.6. The first-order valence-corrected chi connectivity index (χ1v) is 8.51. The Labute approximate surface area is 143 Å². The average Bonchev–Trinajstić information content (AvgIpc) is 3.24. The van der Waals surface area contributed by atoms with Crippen molar-refractivity contribution in [1.82, 2.24) is 9.55 Å². The first-order chi connectivity index (χ1) is 11.6. The molecule has 1 aliphatic heterocycles. The maximum absolute atomic E-state index is 6.35. The Kier molecular flexibility index (Phi) is 5.21. The van der Waals surface area contributed by atoms with E-state index in [2.05, 4.69) is 31.0 Å². The normalized spacial score (nSPS) is 23.8. The zero-order valence-corrected chi connectivity index (χ0v) is 14.6. The van der Waals surface area contributed by atoms with Crippen molar-refractivity contribution in [2.75, 3.05) is 13.7 Å². The molecule has 3 rings (SSSR count). The van der Waals surface area contributed by atoms with Gasteiger partial charge >= 0.3 is 0 Å². The number of benzene rings is 1. The van der Waals surface area contributed by atoms with Gasteiger partial charge in [-0.2, -0.15) is 0 Å². The molecule has 1 aromatic carbocycles. The van der Waals surface area contributed by atoms with Gasteiger partial charge in [0.2, 0.25) is 0 Å². The number of rotatable bonds is 7. The van der Waals surface area contributed by atoms with Crippen molar-refractivity contribution in [1.29, 1.82) is 0 Å². The Morgan fingerprint density at radius 2 is 2.12 bits per heavy atom. The highest BCUT2D eigenvalue weighted by Crippen LogP contribution is 2.33. The van der Waals surface area contributed by atoms with Gasteiger partial charge in [0.1, 0.15) is 5.75 Å². The van der Waals surface area contributed by atoms with Crippen LogP contribution in [0.4, 0.5) is 0 Å². The van der Waals surface area contributed by atoms with Crippen LogP contribution in [0, 0.1) is 5.92 Å². The molecule has 2 unspecified atom stereocenters. The molecule has 2 atom stereocenters. The fourth-order valence-corrected chi connectivity index (χ4v) is 2.98. The molecule has 0 N–H and O–H groups in total. The van der Waals surface area contributed by atoms with Crippen molar-refractivity contribution in [3.05, 3.63) is 48.5 Å². The van der Waals surface area contributed by atoms with Crippen LogP contribution >= 0.6 is 0 Å². The number of aromatic nitrogens is 2. The minimum atomic E-state index is -0.588. The predicted molar refractivity (Wildman–Crippen MR) is 91.9 cm³/mol. The fraction of sp³-hybridized carbons (Fsp3) is 0.526. The Morgan fingerprint density at radius 3 is 2.71 bits per heavy atom. The van der Waals surface area contributed by atoms with Gasteiger partial charge in [0.25, 0.3) is 0 Å². The van der Waals surface area contributed by atoms with Crippen molar-refractivity contribution in [2.24, 2.45) is 5.92 Å². The summed E-state index contributed by atoms with van der Waals surface area (Å²) in [4.78, 5) is 4.12. The predicted octanol–water partition coefficient (Wildman–Crippen LogP) is 3.29. The summed E-state index contributed by atoms with van der Waals surface area (Å²) in [6.45, 7) is 5.65. The molecule has 2 heterocycles. The monoisotopic (exact) mass is 330 g/mol. The van der Waals surface area contributed by atoms with E-state index in [0.717, 1.165) is 18.6 Å². The van der Waals surface area contributed by atoms with Gasteiger partial charge in [-0.1, -0.05) is 26.0 Å². The Morgan fingerprint density at radius 1 is 1.33 bits per heavy atom. The van der Waals surface area contributed by atoms with Crippen LogP contribution in [0.1, 0.15) is 25.8 Å². The minimum absolute atomic E-state index is 0.143. The van der Waals surface area contributed by atoms with Gasteiger partial charge in [-0.15, -0.1) is 0 Å². The quantitative estimate of drug-likeness (QED) is 0.781. The van der Waals surface area contributed by atoms with Crippen molar-refractivity contribution < 1.29 is 14.2 Å². The molecule has 5 heteroatoms. The molecule has 0 amide bonds. The molecule has 0 saturated carbocycles. The van der Waals surface area contributed by atoms with Crippen LogP contribution in [0.5, 0.6) is 5.75 Å². The third-order valence-electron chi connectivity index (χ3n) is 4.56. The highest BCUT2D eigenvalue weighted by Gasteiger charge is 2.42. The van der Waals surface area contributed by atoms with Gasteiger partial charge in [-0.25, -0.2) is 4.98 Å². The molecule has 130 valence electrons. The molecule has 1 aromatic heterocycles. The van der Waals surface area contributed by atoms with E-state index in [1.54, 1.807) is 13.3 Å². The number of hydrogen-bond donors (Lipinski definition) is 0. The summed E-state index contributed by atoms with van der Waals surface area (Å²) < 4.78 is 19.8. The van der Waals surface area contributed by atoms with Crippen molar-refractivity contribution in [3.63, 3.8) is 0 Å². The van der Waals surface area contributed by atoms with E-state index in [4.69, 9.17) is 14.2 Å². The van der Waals surface area contributed by atoms with Gasteiger partial charge < -0.3 is 18.8 Å². The van der Waals surface area contributed by atoms with Crippen molar-refractivity contribution in [2.45, 2.75) is 45.1 Å². The highest BCUT2D eigenvalue weighted by molar-refractivity contribution is 5.27. The summed E-state index contributed by atoms with van der Waals surface area (Å²) in [7, 11) is 1.68. The SMILES string of the molecule is COc1ccc(CCC2(Cn3ccnc3)OCC(C(C)C)O2)cc1. The van der Waals surface area contributed by atoms with E-state index in [1.165, 1.54) is 5.56 Å². The van der Waals surface area contributed by atoms with Gasteiger partial charge in [-0.05, 0) is 30.0 Å². The van der Waals surface area contributed by atoms with Crippen LogP contribution in [0.3, 0.4) is 0 Å². The van der Waals surface area contributed by atoms with Gasteiger partial charge in [0, 0.05) is 18.8 Å². The standard InChI is InChI=1S/C19H26N2O3/c1-15(2)18-12-23-19(24-18,13-21-11-10-20-14-21)9-8-16-4-6-17(22-3)7-5-16/h4-7,10-11,14-15,18H,8-9,12-13H2,1-3H3. The Hall–Kier alpha value is -1.85. The molecule has 1 saturated heterocycles. The molecular weight excluding hydrogens is 304 g/mol. The fourth-order valence-electron chi connectivity index (χ4n) is 2.98. The number of hydrogen-bond acceptors (Lipinski definition) is 4. The van der Waals surface area contributed by atoms with Crippen LogP contribution in [0.15, 0.2) is 43.0 Å². The van der Waals surface area contributed by atoms with E-state index in [0.29, 0.717) is 19.1 Å². The number of imidazole rings is 1. The second kappa shape index (κ2) is 7.36. The average molecular weight is 330 g/mol. The summed E-state index contributed by atoms with van der Waals surface area (Å²) in [5.41, 5.74) is 1.25. The van der Waals surface area contributed by atoms with Crippen LogP contribution < -0.4 is 4.74 Å². The molecule has 1 aliphatic rings. The summed E-state index contributed by atoms with van der Waals surface area (Å²) in [6, 6.07) is 8.17. The topological polar surface area (TPSA) is 45.5 Å². The summed E-state index contributed by atoms with van der Waals surface area (Å²) >= 11 is 0. The number of aryl methyl sites for hydroxylation is 1. The molecule has 24 heavy (non-hydrogen) atoms. The van der Waals surface area contributed by atoms with Crippen LogP contribution in [0.2, 0.25) is 0 Å². The van der Waals surface area contributed by atoms with Gasteiger partial charge in [0.15, 0.2) is 5.79 Å². The van der Waals surface area contributed by atoms with E-state index in [1.807, 2.05) is 29.2 Å². The molecule has 0 radical (unpaired) electrons. The van der Waals surface area contributed by atoms with Crippen LogP contribution in [-0.2, 0) is 22.4 Å². The zero-order chi connectivity index (χ0) is 17.0. The second-order valence-corrected chi connectivity index (χ2v) is 6.71.